The van der Waals surface area contributed by atoms with E-state index in [-0.39, 0.29) is 5.91 Å². The van der Waals surface area contributed by atoms with Crippen LogP contribution in [0.4, 0.5) is 5.82 Å². The third-order valence-electron chi connectivity index (χ3n) is 6.18. The fourth-order valence-electron chi connectivity index (χ4n) is 4.37. The number of carbonyl (C=O) groups excluding carboxylic acids is 1. The summed E-state index contributed by atoms with van der Waals surface area (Å²) in [6.45, 7) is 5.62. The molecule has 1 aromatic heterocycles. The van der Waals surface area contributed by atoms with Gasteiger partial charge in [-0.25, -0.2) is 4.68 Å². The van der Waals surface area contributed by atoms with Crippen molar-refractivity contribution in [2.45, 2.75) is 31.7 Å². The maximum Gasteiger partial charge on any atom is 0.239 e. The van der Waals surface area contributed by atoms with Gasteiger partial charge in [-0.2, -0.15) is 5.10 Å². The highest BCUT2D eigenvalue weighted by molar-refractivity contribution is 5.91. The molecule has 1 N–H and O–H groups in total. The second kappa shape index (κ2) is 10.6. The number of carbonyl (C=O) groups is 1. The van der Waals surface area contributed by atoms with Gasteiger partial charge in [0.25, 0.3) is 0 Å². The van der Waals surface area contributed by atoms with Gasteiger partial charge in [0.05, 0.1) is 25.9 Å². The highest BCUT2D eigenvalue weighted by atomic mass is 16.5. The van der Waals surface area contributed by atoms with Crippen molar-refractivity contribution < 1.29 is 14.3 Å². The van der Waals surface area contributed by atoms with E-state index in [1.54, 1.807) is 13.3 Å². The Morgan fingerprint density at radius 1 is 1.03 bits per heavy atom. The van der Waals surface area contributed by atoms with Gasteiger partial charge in [-0.3, -0.25) is 14.6 Å². The van der Waals surface area contributed by atoms with E-state index >= 15 is 0 Å². The summed E-state index contributed by atoms with van der Waals surface area (Å²) in [6, 6.07) is 9.98. The van der Waals surface area contributed by atoms with Gasteiger partial charge >= 0.3 is 0 Å². The van der Waals surface area contributed by atoms with E-state index in [0.717, 1.165) is 62.9 Å². The van der Waals surface area contributed by atoms with Crippen LogP contribution in [0.3, 0.4) is 0 Å². The zero-order valence-corrected chi connectivity index (χ0v) is 18.3. The Morgan fingerprint density at radius 3 is 2.42 bits per heavy atom. The van der Waals surface area contributed by atoms with Crippen molar-refractivity contribution in [3.05, 3.63) is 36.5 Å². The Kier molecular flexibility index (Phi) is 7.43. The summed E-state index contributed by atoms with van der Waals surface area (Å²) >= 11 is 0. The van der Waals surface area contributed by atoms with Crippen LogP contribution in [0.15, 0.2) is 36.5 Å². The predicted molar refractivity (Wildman–Crippen MR) is 120 cm³/mol. The first-order chi connectivity index (χ1) is 15.2. The summed E-state index contributed by atoms with van der Waals surface area (Å²) in [7, 11) is 1.66. The molecule has 1 aliphatic carbocycles. The standard InChI is InChI=1S/C23H33N5O3/c1-30-20-6-8-21(9-7-20)31-17-16-26-12-14-27(15-13-26)18-23(29)25-22-10-11-24-28(22)19-4-2-3-5-19/h6-11,19H,2-5,12-18H2,1H3,(H,25,29). The fraction of sp³-hybridized carbons (Fsp3) is 0.565. The lowest BCUT2D eigenvalue weighted by molar-refractivity contribution is -0.117. The maximum atomic E-state index is 12.6. The molecule has 8 nitrogen and oxygen atoms in total. The number of amides is 1. The lowest BCUT2D eigenvalue weighted by atomic mass is 10.2. The van der Waals surface area contributed by atoms with E-state index < -0.39 is 0 Å². The number of aromatic nitrogens is 2. The molecule has 4 rings (SSSR count). The second-order valence-electron chi connectivity index (χ2n) is 8.29. The lowest BCUT2D eigenvalue weighted by Crippen LogP contribution is -2.49. The van der Waals surface area contributed by atoms with Crippen molar-refractivity contribution >= 4 is 11.7 Å². The number of rotatable bonds is 9. The summed E-state index contributed by atoms with van der Waals surface area (Å²) in [4.78, 5) is 17.2. The summed E-state index contributed by atoms with van der Waals surface area (Å²) in [6.07, 6.45) is 6.56. The Hall–Kier alpha value is -2.58. The largest absolute Gasteiger partial charge is 0.497 e. The topological polar surface area (TPSA) is 71.9 Å². The third kappa shape index (κ3) is 5.98. The number of nitrogens with zero attached hydrogens (tertiary/aromatic N) is 4. The van der Waals surface area contributed by atoms with Crippen LogP contribution in [0, 0.1) is 0 Å². The predicted octanol–water partition coefficient (Wildman–Crippen LogP) is 2.64. The van der Waals surface area contributed by atoms with Gasteiger partial charge in [0.2, 0.25) is 5.91 Å². The highest BCUT2D eigenvalue weighted by Crippen LogP contribution is 2.31. The van der Waals surface area contributed by atoms with Gasteiger partial charge < -0.3 is 14.8 Å². The molecule has 0 radical (unpaired) electrons. The average molecular weight is 428 g/mol. The number of ether oxygens (including phenoxy) is 2. The lowest BCUT2D eigenvalue weighted by Gasteiger charge is -2.34. The molecule has 31 heavy (non-hydrogen) atoms. The summed E-state index contributed by atoms with van der Waals surface area (Å²) < 4.78 is 13.0. The molecule has 0 bridgehead atoms. The van der Waals surface area contributed by atoms with Gasteiger partial charge in [0, 0.05) is 38.8 Å². The maximum absolute atomic E-state index is 12.6. The summed E-state index contributed by atoms with van der Waals surface area (Å²) in [5.74, 6) is 2.55. The number of hydrogen-bond donors (Lipinski definition) is 1. The molecule has 2 fully saturated rings. The quantitative estimate of drug-likeness (QED) is 0.663. The van der Waals surface area contributed by atoms with Crippen LogP contribution in [0.25, 0.3) is 0 Å². The van der Waals surface area contributed by atoms with Crippen molar-refractivity contribution in [3.63, 3.8) is 0 Å². The Morgan fingerprint density at radius 2 is 1.71 bits per heavy atom. The van der Waals surface area contributed by atoms with Gasteiger partial charge in [-0.05, 0) is 37.1 Å². The average Bonchev–Trinajstić information content (AvgIpc) is 3.47. The molecule has 0 unspecified atom stereocenters. The van der Waals surface area contributed by atoms with Gasteiger partial charge in [-0.15, -0.1) is 0 Å². The van der Waals surface area contributed by atoms with Crippen molar-refractivity contribution in [2.75, 3.05) is 58.3 Å². The normalized spacial score (nSPS) is 18.2. The molecule has 0 spiro atoms. The van der Waals surface area contributed by atoms with Crippen molar-refractivity contribution in [3.8, 4) is 11.5 Å². The smallest absolute Gasteiger partial charge is 0.239 e. The fourth-order valence-corrected chi connectivity index (χ4v) is 4.37. The second-order valence-corrected chi connectivity index (χ2v) is 8.29. The first-order valence-electron chi connectivity index (χ1n) is 11.3. The monoisotopic (exact) mass is 427 g/mol. The first-order valence-corrected chi connectivity index (χ1v) is 11.3. The molecule has 2 heterocycles. The van der Waals surface area contributed by atoms with E-state index in [4.69, 9.17) is 9.47 Å². The molecular weight excluding hydrogens is 394 g/mol. The van der Waals surface area contributed by atoms with Gasteiger partial charge in [-0.1, -0.05) is 12.8 Å². The van der Waals surface area contributed by atoms with Crippen molar-refractivity contribution in [1.29, 1.82) is 0 Å². The van der Waals surface area contributed by atoms with E-state index in [2.05, 4.69) is 20.2 Å². The third-order valence-corrected chi connectivity index (χ3v) is 6.18. The Bertz CT molecular complexity index is 824. The molecule has 168 valence electrons. The molecule has 1 aliphatic heterocycles. The van der Waals surface area contributed by atoms with E-state index in [0.29, 0.717) is 19.2 Å². The van der Waals surface area contributed by atoms with Crippen molar-refractivity contribution in [2.24, 2.45) is 0 Å². The number of nitrogens with one attached hydrogen (secondary N) is 1. The van der Waals surface area contributed by atoms with Gasteiger partial charge in [0.1, 0.15) is 23.9 Å². The number of hydrogen-bond acceptors (Lipinski definition) is 6. The van der Waals surface area contributed by atoms with E-state index in [9.17, 15) is 4.79 Å². The molecule has 8 heteroatoms. The summed E-state index contributed by atoms with van der Waals surface area (Å²) in [5, 5.41) is 7.49. The zero-order valence-electron chi connectivity index (χ0n) is 18.3. The molecule has 1 aromatic carbocycles. The Balaban J connectivity index is 1.15. The number of methoxy groups -OCH3 is 1. The van der Waals surface area contributed by atoms with E-state index in [1.807, 2.05) is 35.0 Å². The molecule has 1 amide bonds. The number of anilines is 1. The number of piperazine rings is 1. The van der Waals surface area contributed by atoms with Gasteiger partial charge in [0.15, 0.2) is 0 Å². The minimum atomic E-state index is 0.0380. The summed E-state index contributed by atoms with van der Waals surface area (Å²) in [5.41, 5.74) is 0. The van der Waals surface area contributed by atoms with Crippen LogP contribution in [0.1, 0.15) is 31.7 Å². The number of benzene rings is 1. The van der Waals surface area contributed by atoms with Crippen LogP contribution in [0.5, 0.6) is 11.5 Å². The van der Waals surface area contributed by atoms with Crippen LogP contribution in [0.2, 0.25) is 0 Å². The van der Waals surface area contributed by atoms with Crippen LogP contribution in [-0.4, -0.2) is 78.5 Å². The van der Waals surface area contributed by atoms with Crippen LogP contribution < -0.4 is 14.8 Å². The SMILES string of the molecule is COc1ccc(OCCN2CCN(CC(=O)Nc3ccnn3C3CCCC3)CC2)cc1. The van der Waals surface area contributed by atoms with Crippen LogP contribution in [-0.2, 0) is 4.79 Å². The van der Waals surface area contributed by atoms with Crippen molar-refractivity contribution in [1.82, 2.24) is 19.6 Å². The molecule has 1 saturated heterocycles. The molecule has 2 aromatic rings. The Labute approximate surface area is 184 Å². The van der Waals surface area contributed by atoms with E-state index in [1.165, 1.54) is 12.8 Å². The minimum Gasteiger partial charge on any atom is -0.497 e. The molecule has 1 saturated carbocycles. The first kappa shape index (κ1) is 21.6. The highest BCUT2D eigenvalue weighted by Gasteiger charge is 2.22. The zero-order chi connectivity index (χ0) is 21.5. The minimum absolute atomic E-state index is 0.0380. The molecule has 0 atom stereocenters. The molecule has 2 aliphatic rings. The molecular formula is C23H33N5O3. The van der Waals surface area contributed by atoms with Crippen LogP contribution >= 0.6 is 0 Å².